The van der Waals surface area contributed by atoms with Crippen LogP contribution in [0.1, 0.15) is 25.0 Å². The van der Waals surface area contributed by atoms with Crippen molar-refractivity contribution in [2.45, 2.75) is 38.0 Å². The number of carbonyl (C=O) groups is 2. The van der Waals surface area contributed by atoms with E-state index >= 15 is 0 Å². The highest BCUT2D eigenvalue weighted by Crippen LogP contribution is 2.47. The standard InChI is InChI=1S/C19H23N3O3/c23-18-7-12(8-21(18)9-13-3-1-2-6-20-13)19(24)22-10-14-15(11-22)17-5-4-16(14)25-17/h1-3,6,12,14-17H,4-5,7-11H2/t12?,14-,15+,16+,17-. The van der Waals surface area contributed by atoms with Crippen LogP contribution in [0.5, 0.6) is 0 Å². The predicted octanol–water partition coefficient (Wildman–Crippen LogP) is 1.07. The minimum Gasteiger partial charge on any atom is -0.374 e. The van der Waals surface area contributed by atoms with Crippen LogP contribution in [-0.2, 0) is 20.9 Å². The maximum absolute atomic E-state index is 12.9. The Morgan fingerprint density at radius 2 is 1.92 bits per heavy atom. The predicted molar refractivity (Wildman–Crippen MR) is 89.2 cm³/mol. The molecule has 25 heavy (non-hydrogen) atoms. The van der Waals surface area contributed by atoms with Gasteiger partial charge in [0.05, 0.1) is 30.4 Å². The SMILES string of the molecule is O=C1CC(C(=O)N2C[C@@H]3[C@H](C2)[C@H]2CC[C@@H]3O2)CN1Cc1ccccn1. The molecule has 4 aliphatic rings. The molecule has 5 rings (SSSR count). The van der Waals surface area contributed by atoms with Gasteiger partial charge in [0.15, 0.2) is 0 Å². The van der Waals surface area contributed by atoms with Crippen molar-refractivity contribution >= 4 is 11.8 Å². The van der Waals surface area contributed by atoms with Gasteiger partial charge in [0.25, 0.3) is 0 Å². The van der Waals surface area contributed by atoms with Crippen molar-refractivity contribution in [2.24, 2.45) is 17.8 Å². The average Bonchev–Trinajstić information content (AvgIpc) is 3.37. The highest BCUT2D eigenvalue weighted by atomic mass is 16.5. The number of amides is 2. The highest BCUT2D eigenvalue weighted by molar-refractivity contribution is 5.89. The van der Waals surface area contributed by atoms with Gasteiger partial charge in [-0.15, -0.1) is 0 Å². The van der Waals surface area contributed by atoms with Crippen molar-refractivity contribution in [2.75, 3.05) is 19.6 Å². The molecule has 4 saturated heterocycles. The van der Waals surface area contributed by atoms with Crippen LogP contribution >= 0.6 is 0 Å². The number of ether oxygens (including phenoxy) is 1. The molecule has 6 nitrogen and oxygen atoms in total. The van der Waals surface area contributed by atoms with Gasteiger partial charge in [0, 0.05) is 44.1 Å². The number of likely N-dealkylation sites (tertiary alicyclic amines) is 2. The fraction of sp³-hybridized carbons (Fsp3) is 0.632. The lowest BCUT2D eigenvalue weighted by molar-refractivity contribution is -0.135. The summed E-state index contributed by atoms with van der Waals surface area (Å²) in [5, 5.41) is 0. The van der Waals surface area contributed by atoms with E-state index in [0.29, 0.717) is 43.6 Å². The summed E-state index contributed by atoms with van der Waals surface area (Å²) in [6.45, 7) is 2.64. The number of pyridine rings is 1. The summed E-state index contributed by atoms with van der Waals surface area (Å²) in [6.07, 6.45) is 5.08. The van der Waals surface area contributed by atoms with Crippen LogP contribution in [0.3, 0.4) is 0 Å². The molecule has 0 radical (unpaired) electrons. The quantitative estimate of drug-likeness (QED) is 0.825. The molecule has 0 N–H and O–H groups in total. The van der Waals surface area contributed by atoms with Gasteiger partial charge >= 0.3 is 0 Å². The zero-order chi connectivity index (χ0) is 17.0. The Bertz CT molecular complexity index is 676. The van der Waals surface area contributed by atoms with Crippen LogP contribution in [0.2, 0.25) is 0 Å². The topological polar surface area (TPSA) is 62.7 Å². The summed E-state index contributed by atoms with van der Waals surface area (Å²) in [6, 6.07) is 5.70. The van der Waals surface area contributed by atoms with Gasteiger partial charge in [-0.1, -0.05) is 6.07 Å². The summed E-state index contributed by atoms with van der Waals surface area (Å²) in [7, 11) is 0. The van der Waals surface area contributed by atoms with Crippen LogP contribution in [0.25, 0.3) is 0 Å². The monoisotopic (exact) mass is 341 g/mol. The number of fused-ring (bicyclic) bond motifs is 5. The molecule has 0 spiro atoms. The van der Waals surface area contributed by atoms with Gasteiger partial charge in [0.2, 0.25) is 11.8 Å². The minimum absolute atomic E-state index is 0.0618. The van der Waals surface area contributed by atoms with Crippen LogP contribution in [-0.4, -0.2) is 58.4 Å². The number of hydrogen-bond acceptors (Lipinski definition) is 4. The molecule has 132 valence electrons. The molecule has 1 unspecified atom stereocenters. The average molecular weight is 341 g/mol. The highest BCUT2D eigenvalue weighted by Gasteiger charge is 2.54. The number of nitrogens with zero attached hydrogens (tertiary/aromatic N) is 3. The summed E-state index contributed by atoms with van der Waals surface area (Å²) in [4.78, 5) is 33.3. The van der Waals surface area contributed by atoms with Crippen molar-refractivity contribution in [3.8, 4) is 0 Å². The molecule has 5 atom stereocenters. The number of aromatic nitrogens is 1. The van der Waals surface area contributed by atoms with Gasteiger partial charge in [-0.3, -0.25) is 14.6 Å². The Hall–Kier alpha value is -1.95. The second-order valence-corrected chi connectivity index (χ2v) is 7.86. The van der Waals surface area contributed by atoms with E-state index in [1.807, 2.05) is 23.1 Å². The van der Waals surface area contributed by atoms with E-state index in [1.165, 1.54) is 0 Å². The molecule has 1 aromatic rings. The molecule has 4 fully saturated rings. The van der Waals surface area contributed by atoms with Crippen molar-refractivity contribution < 1.29 is 14.3 Å². The summed E-state index contributed by atoms with van der Waals surface area (Å²) in [5.41, 5.74) is 0.869. The van der Waals surface area contributed by atoms with Crippen LogP contribution in [0.15, 0.2) is 24.4 Å². The fourth-order valence-corrected chi connectivity index (χ4v) is 5.18. The lowest BCUT2D eigenvalue weighted by Crippen LogP contribution is -2.37. The first-order chi connectivity index (χ1) is 12.2. The van der Waals surface area contributed by atoms with Crippen LogP contribution in [0, 0.1) is 17.8 Å². The Morgan fingerprint density at radius 1 is 1.16 bits per heavy atom. The maximum atomic E-state index is 12.9. The number of hydrogen-bond donors (Lipinski definition) is 0. The molecule has 4 aliphatic heterocycles. The van der Waals surface area contributed by atoms with Gasteiger partial charge in [0.1, 0.15) is 0 Å². The summed E-state index contributed by atoms with van der Waals surface area (Å²) in [5.74, 6) is 1.06. The molecule has 0 aliphatic carbocycles. The summed E-state index contributed by atoms with van der Waals surface area (Å²) < 4.78 is 5.99. The van der Waals surface area contributed by atoms with Gasteiger partial charge in [-0.25, -0.2) is 0 Å². The molecule has 0 saturated carbocycles. The van der Waals surface area contributed by atoms with Crippen molar-refractivity contribution in [1.82, 2.24) is 14.8 Å². The molecule has 5 heterocycles. The van der Waals surface area contributed by atoms with Crippen molar-refractivity contribution in [1.29, 1.82) is 0 Å². The minimum atomic E-state index is -0.200. The molecular weight excluding hydrogens is 318 g/mol. The lowest BCUT2D eigenvalue weighted by Gasteiger charge is -2.22. The second kappa shape index (κ2) is 5.80. The first-order valence-corrected chi connectivity index (χ1v) is 9.31. The number of rotatable bonds is 3. The fourth-order valence-electron chi connectivity index (χ4n) is 5.18. The van der Waals surface area contributed by atoms with E-state index in [9.17, 15) is 9.59 Å². The number of carbonyl (C=O) groups excluding carboxylic acids is 2. The van der Waals surface area contributed by atoms with Gasteiger partial charge < -0.3 is 14.5 Å². The zero-order valence-electron chi connectivity index (χ0n) is 14.2. The Kier molecular flexibility index (Phi) is 3.55. The van der Waals surface area contributed by atoms with Crippen LogP contribution in [0.4, 0.5) is 0 Å². The van der Waals surface area contributed by atoms with E-state index in [1.54, 1.807) is 11.1 Å². The molecule has 2 bridgehead atoms. The third-order valence-electron chi connectivity index (χ3n) is 6.41. The first-order valence-electron chi connectivity index (χ1n) is 9.31. The Labute approximate surface area is 147 Å². The zero-order valence-corrected chi connectivity index (χ0v) is 14.2. The van der Waals surface area contributed by atoms with E-state index < -0.39 is 0 Å². The third-order valence-corrected chi connectivity index (χ3v) is 6.41. The molecule has 2 amide bonds. The maximum Gasteiger partial charge on any atom is 0.228 e. The van der Waals surface area contributed by atoms with Crippen LogP contribution < -0.4 is 0 Å². The van der Waals surface area contributed by atoms with E-state index in [-0.39, 0.29) is 17.7 Å². The second-order valence-electron chi connectivity index (χ2n) is 7.86. The van der Waals surface area contributed by atoms with E-state index in [2.05, 4.69) is 4.98 Å². The Balaban J connectivity index is 1.23. The van der Waals surface area contributed by atoms with E-state index in [0.717, 1.165) is 31.6 Å². The van der Waals surface area contributed by atoms with Crippen molar-refractivity contribution in [3.05, 3.63) is 30.1 Å². The largest absolute Gasteiger partial charge is 0.374 e. The first kappa shape index (κ1) is 15.3. The van der Waals surface area contributed by atoms with Gasteiger partial charge in [-0.05, 0) is 25.0 Å². The third kappa shape index (κ3) is 2.54. The Morgan fingerprint density at radius 3 is 2.60 bits per heavy atom. The normalized spacial score (nSPS) is 36.3. The van der Waals surface area contributed by atoms with Crippen molar-refractivity contribution in [3.63, 3.8) is 0 Å². The lowest BCUT2D eigenvalue weighted by atomic mass is 9.82. The molecule has 6 heteroatoms. The molecule has 0 aromatic carbocycles. The molecular formula is C19H23N3O3. The summed E-state index contributed by atoms with van der Waals surface area (Å²) >= 11 is 0. The smallest absolute Gasteiger partial charge is 0.228 e. The van der Waals surface area contributed by atoms with E-state index in [4.69, 9.17) is 4.74 Å². The van der Waals surface area contributed by atoms with Gasteiger partial charge in [-0.2, -0.15) is 0 Å². The molecule has 1 aromatic heterocycles.